The molecule has 330 valence electrons. The van der Waals surface area contributed by atoms with Gasteiger partial charge >= 0.3 is 18.2 Å². The van der Waals surface area contributed by atoms with Gasteiger partial charge in [-0.25, -0.2) is 14.4 Å². The summed E-state index contributed by atoms with van der Waals surface area (Å²) >= 11 is 0. The van der Waals surface area contributed by atoms with Crippen LogP contribution < -0.4 is 32.3 Å². The number of nitrogens with two attached hydrogens (primary N) is 1. The lowest BCUT2D eigenvalue weighted by Crippen LogP contribution is -2.60. The molecule has 0 bridgehead atoms. The number of carbonyl (C=O) groups is 8. The molecule has 0 aromatic rings. The van der Waals surface area contributed by atoms with Crippen molar-refractivity contribution in [3.8, 4) is 0 Å². The lowest BCUT2D eigenvalue weighted by atomic mass is 9.84. The Kier molecular flexibility index (Phi) is 17.4. The number of carbonyl (C=O) groups excluding carboxylic acids is 8. The van der Waals surface area contributed by atoms with Gasteiger partial charge in [0.05, 0.1) is 7.11 Å². The molecule has 7 N–H and O–H groups in total. The van der Waals surface area contributed by atoms with E-state index >= 15 is 0 Å². The predicted molar refractivity (Wildman–Crippen MR) is 214 cm³/mol. The van der Waals surface area contributed by atoms with Crippen LogP contribution in [0.5, 0.6) is 0 Å². The highest BCUT2D eigenvalue weighted by Crippen LogP contribution is 2.31. The number of hydrogen-bond acceptors (Lipinski definition) is 11. The second-order valence-electron chi connectivity index (χ2n) is 19.2. The Labute approximate surface area is 342 Å². The number of piperidine rings is 2. The molecule has 6 atom stereocenters. The highest BCUT2D eigenvalue weighted by Gasteiger charge is 2.43. The maximum absolute atomic E-state index is 14.2. The molecule has 0 aromatic heterocycles. The van der Waals surface area contributed by atoms with E-state index in [1.807, 2.05) is 20.8 Å². The third-order valence-corrected chi connectivity index (χ3v) is 9.72. The van der Waals surface area contributed by atoms with Gasteiger partial charge in [0.1, 0.15) is 35.4 Å². The first-order valence-electron chi connectivity index (χ1n) is 20.1. The molecule has 7 amide bonds. The number of primary amides is 1. The number of rotatable bonds is 16. The first kappa shape index (κ1) is 49.5. The lowest BCUT2D eigenvalue weighted by Gasteiger charge is -2.45. The normalized spacial score (nSPS) is 20.0. The first-order valence-corrected chi connectivity index (χ1v) is 20.1. The summed E-state index contributed by atoms with van der Waals surface area (Å²) in [6.45, 7) is 19.9. The van der Waals surface area contributed by atoms with Gasteiger partial charge in [-0.05, 0) is 112 Å². The number of methoxy groups -OCH3 is 1. The number of hydrogen-bond donors (Lipinski definition) is 6. The maximum atomic E-state index is 14.2. The van der Waals surface area contributed by atoms with E-state index in [2.05, 4.69) is 26.6 Å². The van der Waals surface area contributed by atoms with E-state index < -0.39 is 94.0 Å². The van der Waals surface area contributed by atoms with Crippen molar-refractivity contribution >= 4 is 47.7 Å². The van der Waals surface area contributed by atoms with Gasteiger partial charge in [-0.3, -0.25) is 24.0 Å². The van der Waals surface area contributed by atoms with Crippen molar-refractivity contribution in [2.45, 2.75) is 168 Å². The van der Waals surface area contributed by atoms with Gasteiger partial charge in [-0.15, -0.1) is 0 Å². The number of esters is 1. The van der Waals surface area contributed by atoms with Crippen LogP contribution in [0.15, 0.2) is 0 Å². The molecule has 58 heavy (non-hydrogen) atoms. The summed E-state index contributed by atoms with van der Waals surface area (Å²) in [7, 11) is 1.17. The molecule has 18 nitrogen and oxygen atoms in total. The average Bonchev–Trinajstić information content (AvgIpc) is 3.05. The number of amides is 7. The number of nitrogens with one attached hydrogen (secondary N) is 5. The van der Waals surface area contributed by atoms with E-state index in [0.717, 1.165) is 0 Å². The van der Waals surface area contributed by atoms with Crippen LogP contribution in [-0.2, 0) is 43.0 Å². The van der Waals surface area contributed by atoms with Crippen LogP contribution in [0, 0.1) is 17.3 Å². The monoisotopic (exact) mass is 824 g/mol. The van der Waals surface area contributed by atoms with E-state index in [1.54, 1.807) is 60.3 Å². The SMILES string of the molecule is COC(=O)[C@H](C[C@@H]1CCCNC1=O)NC(=O)[C@H](CC(C)(C)N1CCC[C@@H](C[C@H](NC(=O)[C@H](CC(C)(C)C)NC(=O)OC(C)(C)C)C(N)=O)C1=O)NC(=O)OC(C)(C)C. The molecule has 2 rings (SSSR count). The van der Waals surface area contributed by atoms with Gasteiger partial charge in [-0.2, -0.15) is 0 Å². The zero-order chi connectivity index (χ0) is 44.4. The van der Waals surface area contributed by atoms with Gasteiger partial charge in [-0.1, -0.05) is 20.8 Å². The molecule has 2 aliphatic heterocycles. The molecular weight excluding hydrogens is 754 g/mol. The Morgan fingerprint density at radius 2 is 1.19 bits per heavy atom. The Balaban J connectivity index is 2.33. The van der Waals surface area contributed by atoms with Crippen LogP contribution in [0.1, 0.15) is 128 Å². The molecular formula is C40H69N7O11. The van der Waals surface area contributed by atoms with E-state index in [-0.39, 0.29) is 44.0 Å². The van der Waals surface area contributed by atoms with Gasteiger partial charge in [0.2, 0.25) is 29.5 Å². The molecule has 2 aliphatic rings. The summed E-state index contributed by atoms with van der Waals surface area (Å²) in [6, 6.07) is -4.86. The molecule has 0 aliphatic carbocycles. The van der Waals surface area contributed by atoms with Gasteiger partial charge in [0.25, 0.3) is 0 Å². The van der Waals surface area contributed by atoms with Crippen LogP contribution in [0.3, 0.4) is 0 Å². The largest absolute Gasteiger partial charge is 0.467 e. The van der Waals surface area contributed by atoms with Crippen molar-refractivity contribution in [3.63, 3.8) is 0 Å². The Bertz CT molecular complexity index is 1510. The van der Waals surface area contributed by atoms with Crippen molar-refractivity contribution in [2.24, 2.45) is 23.0 Å². The molecule has 0 aromatic carbocycles. The highest BCUT2D eigenvalue weighted by molar-refractivity contribution is 5.92. The second kappa shape index (κ2) is 20.4. The van der Waals surface area contributed by atoms with E-state index in [4.69, 9.17) is 19.9 Å². The van der Waals surface area contributed by atoms with Crippen molar-refractivity contribution in [2.75, 3.05) is 20.2 Å². The summed E-state index contributed by atoms with van der Waals surface area (Å²) < 4.78 is 15.7. The van der Waals surface area contributed by atoms with Crippen LogP contribution in [0.25, 0.3) is 0 Å². The number of alkyl carbamates (subject to hydrolysis) is 2. The standard InChI is InChI=1S/C40H69N7O11/c1-37(2,3)21-27(45-35(54)57-38(4,5)6)31(50)43-25(29(41)48)20-24-16-14-18-47(33(24)52)40(10,11)22-28(46-36(55)58-39(7,8)9)32(51)44-26(34(53)56-12)19-23-15-13-17-42-30(23)49/h23-28H,13-22H2,1-12H3,(H2,41,48)(H,42,49)(H,43,50)(H,44,51)(H,45,54)(H,46,55)/t23-,24-,25-,26-,27-,28-/m0/s1. The first-order chi connectivity index (χ1) is 26.5. The van der Waals surface area contributed by atoms with E-state index in [0.29, 0.717) is 32.2 Å². The Morgan fingerprint density at radius 3 is 1.66 bits per heavy atom. The molecule has 0 unspecified atom stereocenters. The third kappa shape index (κ3) is 16.7. The minimum atomic E-state index is -1.32. The van der Waals surface area contributed by atoms with Crippen LogP contribution in [0.4, 0.5) is 9.59 Å². The zero-order valence-corrected chi connectivity index (χ0v) is 36.6. The van der Waals surface area contributed by atoms with Crippen molar-refractivity contribution in [1.29, 1.82) is 0 Å². The second-order valence-corrected chi connectivity index (χ2v) is 19.2. The van der Waals surface area contributed by atoms with Gasteiger partial charge in [0.15, 0.2) is 0 Å². The van der Waals surface area contributed by atoms with Gasteiger partial charge < -0.3 is 51.4 Å². The minimum Gasteiger partial charge on any atom is -0.467 e. The van der Waals surface area contributed by atoms with E-state index in [1.165, 1.54) is 7.11 Å². The van der Waals surface area contributed by atoms with Crippen molar-refractivity contribution in [1.82, 2.24) is 31.5 Å². The summed E-state index contributed by atoms with van der Waals surface area (Å²) in [5.74, 6) is -4.96. The summed E-state index contributed by atoms with van der Waals surface area (Å²) in [4.78, 5) is 107. The van der Waals surface area contributed by atoms with Crippen LogP contribution in [-0.4, -0.2) is 114 Å². The van der Waals surface area contributed by atoms with Crippen molar-refractivity contribution < 1.29 is 52.6 Å². The summed E-state index contributed by atoms with van der Waals surface area (Å²) in [6.07, 6.45) is 0.319. The summed E-state index contributed by atoms with van der Waals surface area (Å²) in [5.41, 5.74) is 2.52. The van der Waals surface area contributed by atoms with Gasteiger partial charge in [0, 0.05) is 30.5 Å². The molecule has 0 radical (unpaired) electrons. The molecule has 0 spiro atoms. The molecule has 2 fully saturated rings. The maximum Gasteiger partial charge on any atom is 0.408 e. The molecule has 2 heterocycles. The smallest absolute Gasteiger partial charge is 0.408 e. The molecule has 18 heteroatoms. The molecule has 0 saturated carbocycles. The Morgan fingerprint density at radius 1 is 0.707 bits per heavy atom. The molecule has 2 saturated heterocycles. The average molecular weight is 824 g/mol. The van der Waals surface area contributed by atoms with Crippen LogP contribution in [0.2, 0.25) is 0 Å². The summed E-state index contributed by atoms with van der Waals surface area (Å²) in [5, 5.41) is 13.3. The zero-order valence-electron chi connectivity index (χ0n) is 36.6. The lowest BCUT2D eigenvalue weighted by molar-refractivity contribution is -0.147. The fourth-order valence-corrected chi connectivity index (χ4v) is 7.09. The Hall–Kier alpha value is -4.64. The predicted octanol–water partition coefficient (Wildman–Crippen LogP) is 2.55. The highest BCUT2D eigenvalue weighted by atomic mass is 16.6. The minimum absolute atomic E-state index is 0.0231. The number of likely N-dealkylation sites (tertiary alicyclic amines) is 1. The fraction of sp³-hybridized carbons (Fsp3) is 0.800. The topological polar surface area (TPSA) is 254 Å². The number of ether oxygens (including phenoxy) is 3. The third-order valence-electron chi connectivity index (χ3n) is 9.72. The fourth-order valence-electron chi connectivity index (χ4n) is 7.09. The number of nitrogens with zero attached hydrogens (tertiary/aromatic N) is 1. The van der Waals surface area contributed by atoms with Crippen LogP contribution >= 0.6 is 0 Å². The quantitative estimate of drug-likeness (QED) is 0.0975. The van der Waals surface area contributed by atoms with Crippen molar-refractivity contribution in [3.05, 3.63) is 0 Å². The van der Waals surface area contributed by atoms with E-state index in [9.17, 15) is 38.4 Å².